The van der Waals surface area contributed by atoms with Crippen LogP contribution in [0.3, 0.4) is 0 Å². The molecule has 1 aliphatic rings. The molecule has 21 nitrogen and oxygen atoms in total. The summed E-state index contributed by atoms with van der Waals surface area (Å²) in [7, 11) is -3.27. The van der Waals surface area contributed by atoms with Crippen LogP contribution in [-0.4, -0.2) is 127 Å². The summed E-state index contributed by atoms with van der Waals surface area (Å²) >= 11 is 0. The fourth-order valence-corrected chi connectivity index (χ4v) is 9.04. The maximum absolute atomic E-state index is 14.8. The Morgan fingerprint density at radius 1 is 0.958 bits per heavy atom. The Balaban J connectivity index is 1.55. The van der Waals surface area contributed by atoms with Crippen molar-refractivity contribution < 1.29 is 57.5 Å². The quantitative estimate of drug-likeness (QED) is 0.0225. The number of amides is 6. The van der Waals surface area contributed by atoms with Crippen molar-refractivity contribution in [3.63, 3.8) is 0 Å². The van der Waals surface area contributed by atoms with Crippen molar-refractivity contribution in [2.75, 3.05) is 20.2 Å². The molecule has 22 heteroatoms. The zero-order valence-corrected chi connectivity index (χ0v) is 42.8. The minimum Gasteiger partial charge on any atom is -0.618 e. The molecule has 0 aliphatic carbocycles. The summed E-state index contributed by atoms with van der Waals surface area (Å²) < 4.78 is 16.2. The predicted molar refractivity (Wildman–Crippen MR) is 262 cm³/mol. The number of imidazole rings is 1. The first-order chi connectivity index (χ1) is 33.6. The number of carbonyl (C=O) groups is 6. The number of nitrogens with one attached hydrogen (secondary N) is 5. The second-order valence-corrected chi connectivity index (χ2v) is 20.4. The highest BCUT2D eigenvalue weighted by Gasteiger charge is 2.40. The number of likely N-dealkylation sites (N-methyl/N-ethyl adjacent to an activating group) is 1. The first kappa shape index (κ1) is 57.8. The summed E-state index contributed by atoms with van der Waals surface area (Å²) in [5.41, 5.74) is 1.56. The molecule has 1 saturated heterocycles. The molecule has 0 unspecified atom stereocenters. The molecule has 1 aliphatic heterocycles. The van der Waals surface area contributed by atoms with E-state index in [1.807, 2.05) is 47.6 Å². The first-order valence-electron chi connectivity index (χ1n) is 24.4. The van der Waals surface area contributed by atoms with Gasteiger partial charge in [-0.25, -0.2) is 9.55 Å². The summed E-state index contributed by atoms with van der Waals surface area (Å²) in [4.78, 5) is 112. The van der Waals surface area contributed by atoms with Crippen LogP contribution in [0.1, 0.15) is 103 Å². The molecular formula is C49H74N9O12P. The summed E-state index contributed by atoms with van der Waals surface area (Å²) in [5, 5.41) is 35.8. The molecule has 2 aromatic heterocycles. The van der Waals surface area contributed by atoms with Crippen molar-refractivity contribution in [1.29, 1.82) is 0 Å². The Morgan fingerprint density at radius 3 is 2.28 bits per heavy atom. The van der Waals surface area contributed by atoms with E-state index in [2.05, 4.69) is 35.8 Å². The molecule has 6 amide bonds. The van der Waals surface area contributed by atoms with Crippen LogP contribution in [0, 0.1) is 28.9 Å². The van der Waals surface area contributed by atoms with Gasteiger partial charge in [0.1, 0.15) is 30.7 Å². The highest BCUT2D eigenvalue weighted by Crippen LogP contribution is 2.36. The molecule has 71 heavy (non-hydrogen) atoms. The lowest BCUT2D eigenvalue weighted by Crippen LogP contribution is -2.59. The van der Waals surface area contributed by atoms with Gasteiger partial charge in [-0.15, -0.1) is 0 Å². The smallest absolute Gasteiger partial charge is 0.469 e. The third-order valence-electron chi connectivity index (χ3n) is 12.9. The first-order valence-corrected chi connectivity index (χ1v) is 25.9. The average Bonchev–Trinajstić information content (AvgIpc) is 4.05. The number of phosphoric ester groups is 1. The lowest BCUT2D eigenvalue weighted by Gasteiger charge is -2.35. The molecular weight excluding hydrogens is 938 g/mol. The van der Waals surface area contributed by atoms with Gasteiger partial charge in [-0.1, -0.05) is 78.3 Å². The highest BCUT2D eigenvalue weighted by molar-refractivity contribution is 7.46. The third kappa shape index (κ3) is 18.1. The standard InChI is InChI=1S/C49H74N9O12P/c1-8-33(6)44(48(64)51-29-36-18-12-13-22-58(36)66)55-45(61)37(32(4)5)27-42(59)38(24-31(2)3)53-47(63)41(26-35-28-50-30-52-35)56(7)49(65)39(25-34-16-10-9-11-17-34)54-46(62)40-19-14-21-57(40)43(60)20-15-23-70-71(67,68)69/h9-13,16-18,22,28,30-33,37-42,44,59H,8,14-15,19-21,23-27,29H2,1-7H3,(H,50,52)(H,51,64)(H,53,63)(H,54,62)(H,55,61)(H2,67,68,69)/t33-,37-,38-,39-,40-,41-,42-,44-/m0/s1. The maximum Gasteiger partial charge on any atom is 0.469 e. The average molecular weight is 1010 g/mol. The van der Waals surface area contributed by atoms with E-state index >= 15 is 0 Å². The number of benzene rings is 1. The van der Waals surface area contributed by atoms with Crippen LogP contribution in [0.25, 0.3) is 0 Å². The largest absolute Gasteiger partial charge is 0.618 e. The van der Waals surface area contributed by atoms with Crippen molar-refractivity contribution in [2.24, 2.45) is 23.7 Å². The van der Waals surface area contributed by atoms with Crippen LogP contribution in [0.4, 0.5) is 0 Å². The van der Waals surface area contributed by atoms with Crippen LogP contribution in [0.2, 0.25) is 0 Å². The van der Waals surface area contributed by atoms with Gasteiger partial charge in [-0.3, -0.25) is 33.3 Å². The number of pyridine rings is 1. The van der Waals surface area contributed by atoms with Gasteiger partial charge in [0, 0.05) is 62.8 Å². The van der Waals surface area contributed by atoms with Gasteiger partial charge in [0.05, 0.1) is 25.1 Å². The van der Waals surface area contributed by atoms with Crippen molar-refractivity contribution in [1.82, 2.24) is 41.0 Å². The fraction of sp³-hybridized carbons (Fsp3) is 0.592. The van der Waals surface area contributed by atoms with E-state index in [0.717, 1.165) is 0 Å². The number of rotatable bonds is 28. The van der Waals surface area contributed by atoms with E-state index in [-0.39, 0.29) is 69.6 Å². The lowest BCUT2D eigenvalue weighted by atomic mass is 9.85. The summed E-state index contributed by atoms with van der Waals surface area (Å²) in [6.07, 6.45) is 4.52. The number of hydrogen-bond acceptors (Lipinski definition) is 11. The Bertz CT molecular complexity index is 2250. The summed E-state index contributed by atoms with van der Waals surface area (Å²) in [6.45, 7) is 11.1. The second kappa shape index (κ2) is 27.8. The Hall–Kier alpha value is -5.73. The van der Waals surface area contributed by atoms with Gasteiger partial charge in [-0.05, 0) is 61.5 Å². The number of phosphoric acid groups is 1. The van der Waals surface area contributed by atoms with Crippen LogP contribution in [0.5, 0.6) is 0 Å². The zero-order valence-electron chi connectivity index (χ0n) is 41.9. The van der Waals surface area contributed by atoms with Crippen molar-refractivity contribution in [2.45, 2.75) is 142 Å². The minimum atomic E-state index is -4.72. The van der Waals surface area contributed by atoms with Gasteiger partial charge < -0.3 is 56.2 Å². The molecule has 1 aromatic carbocycles. The number of hydrogen-bond donors (Lipinski definition) is 8. The van der Waals surface area contributed by atoms with E-state index in [1.54, 1.807) is 42.5 Å². The number of aromatic nitrogens is 3. The van der Waals surface area contributed by atoms with Gasteiger partial charge in [0.15, 0.2) is 6.20 Å². The molecule has 4 rings (SSSR count). The van der Waals surface area contributed by atoms with E-state index in [1.165, 1.54) is 35.6 Å². The van der Waals surface area contributed by atoms with Gasteiger partial charge >= 0.3 is 7.82 Å². The number of nitrogens with zero attached hydrogens (tertiary/aromatic N) is 4. The van der Waals surface area contributed by atoms with Gasteiger partial charge in [-0.2, -0.15) is 4.73 Å². The minimum absolute atomic E-state index is 0.0117. The SMILES string of the molecule is CC[C@H](C)[C@H](NC(=O)[C@@H](C[C@H](O)[C@H](CC(C)C)NC(=O)[C@H](Cc1cnc[nH]1)N(C)C(=O)[C@H](Cc1ccccc1)NC(=O)[C@@H]1CCCN1C(=O)CCCOP(=O)(O)O)C(C)C)C(=O)NCc1cccc[n+]1[O-]. The van der Waals surface area contributed by atoms with Crippen molar-refractivity contribution in [3.8, 4) is 0 Å². The molecule has 3 heterocycles. The Morgan fingerprint density at radius 2 is 1.66 bits per heavy atom. The van der Waals surface area contributed by atoms with Gasteiger partial charge in [0.25, 0.3) is 0 Å². The fourth-order valence-electron chi connectivity index (χ4n) is 8.67. The van der Waals surface area contributed by atoms with E-state index < -0.39 is 85.5 Å². The summed E-state index contributed by atoms with van der Waals surface area (Å²) in [5.74, 6) is -4.56. The number of carbonyl (C=O) groups excluding carboxylic acids is 6. The monoisotopic (exact) mass is 1010 g/mol. The number of likely N-dealkylation sites (tertiary alicyclic amines) is 1. The van der Waals surface area contributed by atoms with Crippen molar-refractivity contribution in [3.05, 3.63) is 89.4 Å². The molecule has 3 aromatic rings. The van der Waals surface area contributed by atoms with Crippen LogP contribution < -0.4 is 26.0 Å². The van der Waals surface area contributed by atoms with Crippen LogP contribution in [0.15, 0.2) is 67.3 Å². The predicted octanol–water partition coefficient (Wildman–Crippen LogP) is 2.42. The highest BCUT2D eigenvalue weighted by atomic mass is 31.2. The lowest BCUT2D eigenvalue weighted by molar-refractivity contribution is -0.614. The van der Waals surface area contributed by atoms with E-state index in [9.17, 15) is 43.6 Å². The Kier molecular flexibility index (Phi) is 22.6. The molecule has 0 radical (unpaired) electrons. The zero-order chi connectivity index (χ0) is 52.4. The van der Waals surface area contributed by atoms with Gasteiger partial charge in [0.2, 0.25) is 41.1 Å². The summed E-state index contributed by atoms with van der Waals surface area (Å²) in [6, 6.07) is 8.66. The van der Waals surface area contributed by atoms with Crippen LogP contribution in [-0.2, 0) is 57.2 Å². The third-order valence-corrected chi connectivity index (χ3v) is 13.5. The number of aliphatic hydroxyl groups is 1. The van der Waals surface area contributed by atoms with Crippen LogP contribution >= 0.6 is 7.82 Å². The molecule has 392 valence electrons. The molecule has 1 fully saturated rings. The molecule has 0 spiro atoms. The molecule has 8 atom stereocenters. The maximum atomic E-state index is 14.8. The molecule has 0 bridgehead atoms. The second-order valence-electron chi connectivity index (χ2n) is 19.2. The van der Waals surface area contributed by atoms with Crippen molar-refractivity contribution >= 4 is 43.3 Å². The van der Waals surface area contributed by atoms with E-state index in [4.69, 9.17) is 9.79 Å². The topological polar surface area (TPSA) is 300 Å². The molecule has 8 N–H and O–H groups in total. The number of H-pyrrole nitrogens is 1. The Labute approximate surface area is 416 Å². The number of aromatic amines is 1. The van der Waals surface area contributed by atoms with E-state index in [0.29, 0.717) is 47.4 Å². The normalized spacial score (nSPS) is 16.8. The number of aliphatic hydroxyl groups excluding tert-OH is 1. The molecule has 0 saturated carbocycles.